The number of aromatic nitrogens is 2. The molecule has 2 N–H and O–H groups in total. The number of rotatable bonds is 7. The molecule has 0 unspecified atom stereocenters. The lowest BCUT2D eigenvalue weighted by Gasteiger charge is -2.17. The molecule has 0 atom stereocenters. The fraction of sp³-hybridized carbons (Fsp3) is 0.125. The smallest absolute Gasteiger partial charge is 0.261 e. The van der Waals surface area contributed by atoms with Gasteiger partial charge in [-0.15, -0.1) is 0 Å². The summed E-state index contributed by atoms with van der Waals surface area (Å²) in [6.45, 7) is 2.29. The third-order valence-corrected chi connectivity index (χ3v) is 6.19. The zero-order valence-corrected chi connectivity index (χ0v) is 18.5. The van der Waals surface area contributed by atoms with Crippen LogP contribution in [0, 0.1) is 6.92 Å². The Hall–Kier alpha value is -4.11. The van der Waals surface area contributed by atoms with Crippen LogP contribution in [0.25, 0.3) is 10.2 Å². The monoisotopic (exact) mass is 460 g/mol. The summed E-state index contributed by atoms with van der Waals surface area (Å²) in [5.41, 5.74) is 1.85. The number of furan rings is 2. The number of nitrogens with one attached hydrogen (secondary N) is 2. The Kier molecular flexibility index (Phi) is 5.54. The molecule has 0 saturated carbocycles. The Morgan fingerprint density at radius 3 is 2.55 bits per heavy atom. The summed E-state index contributed by atoms with van der Waals surface area (Å²) in [6.07, 6.45) is 3.13. The summed E-state index contributed by atoms with van der Waals surface area (Å²) in [5, 5.41) is 6.55. The molecule has 0 aliphatic heterocycles. The number of anilines is 2. The van der Waals surface area contributed by atoms with E-state index in [0.29, 0.717) is 40.1 Å². The van der Waals surface area contributed by atoms with Crippen molar-refractivity contribution in [3.63, 3.8) is 0 Å². The number of thiazole rings is 1. The van der Waals surface area contributed by atoms with Crippen LogP contribution in [0.3, 0.4) is 0 Å². The maximum Gasteiger partial charge on any atom is 0.261 e. The van der Waals surface area contributed by atoms with Gasteiger partial charge in [-0.2, -0.15) is 0 Å². The second kappa shape index (κ2) is 8.79. The molecular formula is C24H20N4O4S. The predicted molar refractivity (Wildman–Crippen MR) is 127 cm³/mol. The number of hydrogen-bond acceptors (Lipinski definition) is 7. The van der Waals surface area contributed by atoms with Gasteiger partial charge in [0.25, 0.3) is 11.5 Å². The predicted octanol–water partition coefficient (Wildman–Crippen LogP) is 4.87. The Morgan fingerprint density at radius 1 is 1.06 bits per heavy atom. The number of nitrogens with zero attached hydrogens (tertiary/aromatic N) is 2. The van der Waals surface area contributed by atoms with Gasteiger partial charge >= 0.3 is 0 Å². The first-order valence-electron chi connectivity index (χ1n) is 10.3. The summed E-state index contributed by atoms with van der Waals surface area (Å²) in [6, 6.07) is 16.2. The highest BCUT2D eigenvalue weighted by Crippen LogP contribution is 2.27. The van der Waals surface area contributed by atoms with Crippen LogP contribution in [0.5, 0.6) is 0 Å². The van der Waals surface area contributed by atoms with Crippen molar-refractivity contribution in [3.8, 4) is 0 Å². The average Bonchev–Trinajstić information content (AvgIpc) is 3.56. The molecule has 5 rings (SSSR count). The first-order valence-corrected chi connectivity index (χ1v) is 11.1. The van der Waals surface area contributed by atoms with Gasteiger partial charge in [0.2, 0.25) is 0 Å². The van der Waals surface area contributed by atoms with Crippen molar-refractivity contribution in [2.24, 2.45) is 0 Å². The highest BCUT2D eigenvalue weighted by molar-refractivity contribution is 7.22. The quantitative estimate of drug-likeness (QED) is 0.359. The van der Waals surface area contributed by atoms with Gasteiger partial charge in [-0.3, -0.25) is 14.9 Å². The van der Waals surface area contributed by atoms with Gasteiger partial charge in [-0.05, 0) is 43.3 Å². The summed E-state index contributed by atoms with van der Waals surface area (Å²) < 4.78 is 13.3. The summed E-state index contributed by atoms with van der Waals surface area (Å²) in [5.74, 6) is 0.945. The lowest BCUT2D eigenvalue weighted by molar-refractivity contribution is 0.102. The van der Waals surface area contributed by atoms with E-state index in [1.54, 1.807) is 37.6 Å². The first kappa shape index (κ1) is 20.8. The Labute approximate surface area is 192 Å². The summed E-state index contributed by atoms with van der Waals surface area (Å²) in [7, 11) is 0. The molecule has 0 spiro atoms. The Balaban J connectivity index is 1.52. The van der Waals surface area contributed by atoms with Crippen molar-refractivity contribution < 1.29 is 13.6 Å². The van der Waals surface area contributed by atoms with E-state index in [0.717, 1.165) is 10.2 Å². The molecule has 9 heteroatoms. The van der Waals surface area contributed by atoms with Crippen molar-refractivity contribution >= 4 is 38.3 Å². The second-order valence-corrected chi connectivity index (χ2v) is 8.43. The van der Waals surface area contributed by atoms with Crippen LogP contribution in [-0.4, -0.2) is 15.5 Å². The third-order valence-electron chi connectivity index (χ3n) is 5.24. The van der Waals surface area contributed by atoms with Crippen LogP contribution in [0.1, 0.15) is 27.6 Å². The van der Waals surface area contributed by atoms with Crippen LogP contribution in [-0.2, 0) is 13.1 Å². The SMILES string of the molecule is Cc1c(C(=O)Nc2nc3ccccc3s2)c(NCc2ccco2)cc(=O)n1Cc1ccco1. The van der Waals surface area contributed by atoms with E-state index >= 15 is 0 Å². The van der Waals surface area contributed by atoms with Crippen LogP contribution >= 0.6 is 11.3 Å². The molecule has 0 radical (unpaired) electrons. The minimum absolute atomic E-state index is 0.220. The van der Waals surface area contributed by atoms with Crippen molar-refractivity contribution in [2.75, 3.05) is 10.6 Å². The number of carbonyl (C=O) groups is 1. The molecule has 0 saturated heterocycles. The standard InChI is InChI=1S/C24H20N4O4S/c1-15-22(23(30)27-24-26-18-8-2-3-9-20(18)33-24)19(25-13-16-6-4-10-31-16)12-21(29)28(15)14-17-7-5-11-32-17/h2-12,25H,13-14H2,1H3,(H,26,27,30). The molecule has 0 bridgehead atoms. The molecule has 4 heterocycles. The molecule has 0 aliphatic rings. The Morgan fingerprint density at radius 2 is 1.82 bits per heavy atom. The molecule has 0 fully saturated rings. The van der Waals surface area contributed by atoms with E-state index in [1.165, 1.54) is 22.0 Å². The van der Waals surface area contributed by atoms with E-state index in [9.17, 15) is 9.59 Å². The van der Waals surface area contributed by atoms with E-state index in [2.05, 4.69) is 15.6 Å². The molecule has 8 nitrogen and oxygen atoms in total. The Bertz CT molecular complexity index is 1430. The molecule has 33 heavy (non-hydrogen) atoms. The van der Waals surface area contributed by atoms with Gasteiger partial charge in [-0.1, -0.05) is 23.5 Å². The molecule has 5 aromatic rings. The van der Waals surface area contributed by atoms with Gasteiger partial charge in [0.15, 0.2) is 5.13 Å². The molecule has 166 valence electrons. The van der Waals surface area contributed by atoms with Crippen LogP contribution in [0.15, 0.2) is 80.8 Å². The number of para-hydroxylation sites is 1. The molecule has 1 amide bonds. The maximum atomic E-state index is 13.4. The molecule has 1 aromatic carbocycles. The van der Waals surface area contributed by atoms with E-state index in [1.807, 2.05) is 30.3 Å². The lowest BCUT2D eigenvalue weighted by Crippen LogP contribution is -2.28. The van der Waals surface area contributed by atoms with Crippen molar-refractivity contribution in [3.05, 3.63) is 100 Å². The molecule has 0 aliphatic carbocycles. The summed E-state index contributed by atoms with van der Waals surface area (Å²) >= 11 is 1.39. The number of carbonyl (C=O) groups excluding carboxylic acids is 1. The topological polar surface area (TPSA) is 102 Å². The van der Waals surface area contributed by atoms with Gasteiger partial charge < -0.3 is 18.7 Å². The third kappa shape index (κ3) is 4.31. The number of hydrogen-bond donors (Lipinski definition) is 2. The highest BCUT2D eigenvalue weighted by Gasteiger charge is 2.21. The normalized spacial score (nSPS) is 11.1. The second-order valence-electron chi connectivity index (χ2n) is 7.40. The fourth-order valence-electron chi connectivity index (χ4n) is 3.63. The van der Waals surface area contributed by atoms with Crippen LogP contribution in [0.2, 0.25) is 0 Å². The maximum absolute atomic E-state index is 13.4. The van der Waals surface area contributed by atoms with E-state index < -0.39 is 0 Å². The van der Waals surface area contributed by atoms with Gasteiger partial charge in [0.1, 0.15) is 11.5 Å². The number of amides is 1. The van der Waals surface area contributed by atoms with Crippen molar-refractivity contribution in [2.45, 2.75) is 20.0 Å². The number of pyridine rings is 1. The zero-order valence-electron chi connectivity index (χ0n) is 17.7. The highest BCUT2D eigenvalue weighted by atomic mass is 32.1. The van der Waals surface area contributed by atoms with Crippen molar-refractivity contribution in [1.29, 1.82) is 0 Å². The van der Waals surface area contributed by atoms with Gasteiger partial charge in [0.05, 0.1) is 47.1 Å². The fourth-order valence-corrected chi connectivity index (χ4v) is 4.49. The molecule has 4 aromatic heterocycles. The lowest BCUT2D eigenvalue weighted by atomic mass is 10.1. The van der Waals surface area contributed by atoms with Gasteiger partial charge in [-0.25, -0.2) is 4.98 Å². The summed E-state index contributed by atoms with van der Waals surface area (Å²) in [4.78, 5) is 30.8. The minimum atomic E-state index is -0.360. The van der Waals surface area contributed by atoms with Crippen LogP contribution in [0.4, 0.5) is 10.8 Å². The largest absolute Gasteiger partial charge is 0.467 e. The zero-order chi connectivity index (χ0) is 22.8. The number of benzene rings is 1. The van der Waals surface area contributed by atoms with Crippen LogP contribution < -0.4 is 16.2 Å². The number of fused-ring (bicyclic) bond motifs is 1. The molecular weight excluding hydrogens is 440 g/mol. The first-order chi connectivity index (χ1) is 16.1. The minimum Gasteiger partial charge on any atom is -0.467 e. The van der Waals surface area contributed by atoms with Crippen molar-refractivity contribution in [1.82, 2.24) is 9.55 Å². The average molecular weight is 461 g/mol. The van der Waals surface area contributed by atoms with E-state index in [-0.39, 0.29) is 18.0 Å². The van der Waals surface area contributed by atoms with Gasteiger partial charge in [0, 0.05) is 11.8 Å². The van der Waals surface area contributed by atoms with E-state index in [4.69, 9.17) is 8.83 Å².